The second-order valence-electron chi connectivity index (χ2n) is 5.99. The Kier molecular flexibility index (Phi) is 4.72. The molecule has 2 atom stereocenters. The molecule has 2 aromatic rings. The molecule has 1 saturated carbocycles. The molecule has 0 saturated heterocycles. The summed E-state index contributed by atoms with van der Waals surface area (Å²) in [6, 6.07) is 8.43. The van der Waals surface area contributed by atoms with Crippen LogP contribution >= 0.6 is 11.6 Å². The number of para-hydroxylation sites is 1. The zero-order chi connectivity index (χ0) is 18.1. The number of amides is 2. The molecule has 2 unspecified atom stereocenters. The van der Waals surface area contributed by atoms with Gasteiger partial charge >= 0.3 is 0 Å². The summed E-state index contributed by atoms with van der Waals surface area (Å²) in [7, 11) is 0. The molecule has 0 heterocycles. The van der Waals surface area contributed by atoms with Crippen molar-refractivity contribution in [1.82, 2.24) is 0 Å². The topological polar surface area (TPSA) is 58.2 Å². The Bertz CT molecular complexity index is 837. The fourth-order valence-electron chi connectivity index (χ4n) is 2.51. The number of anilines is 2. The van der Waals surface area contributed by atoms with Crippen LogP contribution in [-0.2, 0) is 9.59 Å². The largest absolute Gasteiger partial charge is 0.326 e. The van der Waals surface area contributed by atoms with Crippen molar-refractivity contribution >= 4 is 34.8 Å². The lowest BCUT2D eigenvalue weighted by atomic mass is 10.2. The van der Waals surface area contributed by atoms with E-state index in [-0.39, 0.29) is 5.91 Å². The molecule has 1 aliphatic carbocycles. The molecule has 4 nitrogen and oxygen atoms in total. The number of aryl methyl sites for hydroxylation is 1. The maximum absolute atomic E-state index is 13.6. The number of halogens is 3. The van der Waals surface area contributed by atoms with E-state index >= 15 is 0 Å². The van der Waals surface area contributed by atoms with Gasteiger partial charge in [-0.2, -0.15) is 0 Å². The van der Waals surface area contributed by atoms with Crippen LogP contribution in [-0.4, -0.2) is 11.8 Å². The summed E-state index contributed by atoms with van der Waals surface area (Å²) in [6.45, 7) is 1.84. The van der Waals surface area contributed by atoms with E-state index in [2.05, 4.69) is 10.6 Å². The average Bonchev–Trinajstić information content (AvgIpc) is 3.35. The highest BCUT2D eigenvalue weighted by Gasteiger charge is 2.48. The van der Waals surface area contributed by atoms with Gasteiger partial charge in [-0.3, -0.25) is 9.59 Å². The SMILES string of the molecule is Cc1ccc(NC(=O)C2CC2C(=O)Nc2c(F)cccc2F)cc1Cl. The molecule has 0 radical (unpaired) electrons. The van der Waals surface area contributed by atoms with Gasteiger partial charge in [0.15, 0.2) is 0 Å². The smallest absolute Gasteiger partial charge is 0.228 e. The Balaban J connectivity index is 1.60. The first-order chi connectivity index (χ1) is 11.9. The van der Waals surface area contributed by atoms with Gasteiger partial charge in [0.2, 0.25) is 11.8 Å². The van der Waals surface area contributed by atoms with E-state index in [4.69, 9.17) is 11.6 Å². The van der Waals surface area contributed by atoms with Crippen molar-refractivity contribution in [3.63, 3.8) is 0 Å². The summed E-state index contributed by atoms with van der Waals surface area (Å²) in [5.41, 5.74) is 0.922. The summed E-state index contributed by atoms with van der Waals surface area (Å²) >= 11 is 6.01. The first kappa shape index (κ1) is 17.4. The number of rotatable bonds is 4. The molecule has 25 heavy (non-hydrogen) atoms. The zero-order valence-corrected chi connectivity index (χ0v) is 14.0. The summed E-state index contributed by atoms with van der Waals surface area (Å²) < 4.78 is 27.1. The van der Waals surface area contributed by atoms with E-state index in [0.717, 1.165) is 17.7 Å². The highest BCUT2D eigenvalue weighted by molar-refractivity contribution is 6.31. The molecule has 7 heteroatoms. The van der Waals surface area contributed by atoms with Gasteiger partial charge in [0.1, 0.15) is 17.3 Å². The molecule has 0 aliphatic heterocycles. The van der Waals surface area contributed by atoms with Gasteiger partial charge in [-0.1, -0.05) is 23.7 Å². The van der Waals surface area contributed by atoms with Gasteiger partial charge < -0.3 is 10.6 Å². The van der Waals surface area contributed by atoms with Gasteiger partial charge in [0, 0.05) is 10.7 Å². The summed E-state index contributed by atoms with van der Waals surface area (Å²) in [4.78, 5) is 24.3. The molecule has 2 amide bonds. The molecule has 3 rings (SSSR count). The molecule has 0 spiro atoms. The van der Waals surface area contributed by atoms with Crippen molar-refractivity contribution in [2.75, 3.05) is 10.6 Å². The van der Waals surface area contributed by atoms with Crippen LogP contribution in [0.5, 0.6) is 0 Å². The Labute approximate surface area is 148 Å². The first-order valence-electron chi connectivity index (χ1n) is 7.68. The van der Waals surface area contributed by atoms with Gasteiger partial charge in [-0.15, -0.1) is 0 Å². The van der Waals surface area contributed by atoms with Gasteiger partial charge in [0.25, 0.3) is 0 Å². The van der Waals surface area contributed by atoms with E-state index in [1.165, 1.54) is 6.07 Å². The molecule has 130 valence electrons. The third-order valence-electron chi connectivity index (χ3n) is 4.11. The maximum Gasteiger partial charge on any atom is 0.228 e. The van der Waals surface area contributed by atoms with Crippen molar-refractivity contribution < 1.29 is 18.4 Å². The summed E-state index contributed by atoms with van der Waals surface area (Å²) in [5.74, 6) is -3.76. The second-order valence-corrected chi connectivity index (χ2v) is 6.40. The minimum atomic E-state index is -0.857. The average molecular weight is 365 g/mol. The van der Waals surface area contributed by atoms with E-state index in [1.54, 1.807) is 18.2 Å². The number of benzene rings is 2. The zero-order valence-electron chi connectivity index (χ0n) is 13.3. The molecular weight excluding hydrogens is 350 g/mol. The lowest BCUT2D eigenvalue weighted by Gasteiger charge is -2.08. The van der Waals surface area contributed by atoms with E-state index in [1.807, 2.05) is 6.92 Å². The number of hydrogen-bond donors (Lipinski definition) is 2. The first-order valence-corrected chi connectivity index (χ1v) is 8.06. The highest BCUT2D eigenvalue weighted by atomic mass is 35.5. The normalized spacial score (nSPS) is 18.6. The monoisotopic (exact) mass is 364 g/mol. The third kappa shape index (κ3) is 3.79. The molecular formula is C18H15ClF2N2O2. The van der Waals surface area contributed by atoms with Crippen LogP contribution in [0.25, 0.3) is 0 Å². The van der Waals surface area contributed by atoms with Crippen LogP contribution in [0.15, 0.2) is 36.4 Å². The van der Waals surface area contributed by atoms with Crippen LogP contribution < -0.4 is 10.6 Å². The van der Waals surface area contributed by atoms with Gasteiger partial charge in [0.05, 0.1) is 11.8 Å². The second kappa shape index (κ2) is 6.80. The Morgan fingerprint density at radius 3 is 2.24 bits per heavy atom. The Morgan fingerprint density at radius 2 is 1.64 bits per heavy atom. The van der Waals surface area contributed by atoms with Crippen molar-refractivity contribution in [2.45, 2.75) is 13.3 Å². The van der Waals surface area contributed by atoms with Crippen LogP contribution in [0.1, 0.15) is 12.0 Å². The Hall–Kier alpha value is -2.47. The molecule has 0 bridgehead atoms. The van der Waals surface area contributed by atoms with E-state index in [9.17, 15) is 18.4 Å². The fourth-order valence-corrected chi connectivity index (χ4v) is 2.69. The van der Waals surface area contributed by atoms with Crippen LogP contribution in [0.3, 0.4) is 0 Å². The number of nitrogens with one attached hydrogen (secondary N) is 2. The number of carbonyl (C=O) groups excluding carboxylic acids is 2. The van der Waals surface area contributed by atoms with E-state index in [0.29, 0.717) is 17.1 Å². The quantitative estimate of drug-likeness (QED) is 0.856. The van der Waals surface area contributed by atoms with Crippen molar-refractivity contribution in [1.29, 1.82) is 0 Å². The fraction of sp³-hybridized carbons (Fsp3) is 0.222. The highest BCUT2D eigenvalue weighted by Crippen LogP contribution is 2.40. The summed E-state index contributed by atoms with van der Waals surface area (Å²) in [6.07, 6.45) is 0.327. The van der Waals surface area contributed by atoms with Crippen molar-refractivity contribution in [2.24, 2.45) is 11.8 Å². The predicted molar refractivity (Wildman–Crippen MR) is 91.4 cm³/mol. The minimum absolute atomic E-state index is 0.325. The molecule has 0 aromatic heterocycles. The van der Waals surface area contributed by atoms with Crippen LogP contribution in [0, 0.1) is 30.4 Å². The van der Waals surface area contributed by atoms with E-state index < -0.39 is 35.1 Å². The maximum atomic E-state index is 13.6. The predicted octanol–water partition coefficient (Wildman–Crippen LogP) is 4.14. The van der Waals surface area contributed by atoms with Gasteiger partial charge in [-0.05, 0) is 43.2 Å². The molecule has 2 N–H and O–H groups in total. The molecule has 1 aliphatic rings. The number of carbonyl (C=O) groups is 2. The third-order valence-corrected chi connectivity index (χ3v) is 4.52. The van der Waals surface area contributed by atoms with Crippen molar-refractivity contribution in [3.8, 4) is 0 Å². The lowest BCUT2D eigenvalue weighted by Crippen LogP contribution is -2.21. The molecule has 1 fully saturated rings. The Morgan fingerprint density at radius 1 is 1.04 bits per heavy atom. The van der Waals surface area contributed by atoms with Crippen LogP contribution in [0.2, 0.25) is 5.02 Å². The standard InChI is InChI=1S/C18H15ClF2N2O2/c1-9-5-6-10(7-13(9)19)22-17(24)11-8-12(11)18(25)23-16-14(20)3-2-4-15(16)21/h2-7,11-12H,8H2,1H3,(H,22,24)(H,23,25). The number of hydrogen-bond acceptors (Lipinski definition) is 2. The minimum Gasteiger partial charge on any atom is -0.326 e. The lowest BCUT2D eigenvalue weighted by molar-refractivity contribution is -0.122. The van der Waals surface area contributed by atoms with Crippen LogP contribution in [0.4, 0.5) is 20.2 Å². The molecule has 2 aromatic carbocycles. The van der Waals surface area contributed by atoms with Crippen molar-refractivity contribution in [3.05, 3.63) is 58.6 Å². The summed E-state index contributed by atoms with van der Waals surface area (Å²) in [5, 5.41) is 5.43. The van der Waals surface area contributed by atoms with Gasteiger partial charge in [-0.25, -0.2) is 8.78 Å².